The fraction of sp³-hybridized carbons (Fsp3) is 0.462. The maximum absolute atomic E-state index is 13.1. The topological polar surface area (TPSA) is 52.0 Å². The maximum Gasteiger partial charge on any atom is 0.200 e. The molecule has 1 aromatic carbocycles. The van der Waals surface area contributed by atoms with E-state index in [0.717, 1.165) is 19.3 Å². The van der Waals surface area contributed by atoms with Crippen molar-refractivity contribution in [3.63, 3.8) is 0 Å². The Hall–Kier alpha value is -1.42. The van der Waals surface area contributed by atoms with E-state index in [9.17, 15) is 4.39 Å². The van der Waals surface area contributed by atoms with Crippen molar-refractivity contribution in [2.24, 2.45) is 5.73 Å². The highest BCUT2D eigenvalue weighted by molar-refractivity contribution is 5.72. The molecule has 2 N–H and O–H groups in total. The van der Waals surface area contributed by atoms with Gasteiger partial charge in [-0.15, -0.1) is 0 Å². The summed E-state index contributed by atoms with van der Waals surface area (Å²) in [6.45, 7) is 0. The van der Waals surface area contributed by atoms with Crippen molar-refractivity contribution >= 4 is 11.1 Å². The third-order valence-corrected chi connectivity index (χ3v) is 3.50. The van der Waals surface area contributed by atoms with E-state index in [-0.39, 0.29) is 17.8 Å². The lowest BCUT2D eigenvalue weighted by molar-refractivity contribution is 0.332. The van der Waals surface area contributed by atoms with Crippen molar-refractivity contribution in [3.8, 4) is 0 Å². The number of aromatic nitrogens is 1. The molecule has 3 nitrogen and oxygen atoms in total. The predicted molar refractivity (Wildman–Crippen MR) is 63.2 cm³/mol. The molecule has 2 atom stereocenters. The second-order valence-electron chi connectivity index (χ2n) is 4.72. The average Bonchev–Trinajstić information content (AvgIpc) is 2.72. The predicted octanol–water partition coefficient (Wildman–Crippen LogP) is 2.95. The van der Waals surface area contributed by atoms with Crippen LogP contribution >= 0.6 is 0 Å². The molecule has 0 saturated heterocycles. The number of nitrogens with zero attached hydrogens (tertiary/aromatic N) is 1. The number of hydrogen-bond donors (Lipinski definition) is 1. The number of nitrogens with two attached hydrogens (primary N) is 1. The van der Waals surface area contributed by atoms with E-state index in [1.54, 1.807) is 6.07 Å². The van der Waals surface area contributed by atoms with Crippen LogP contribution in [0.2, 0.25) is 0 Å². The van der Waals surface area contributed by atoms with Gasteiger partial charge in [0.15, 0.2) is 11.5 Å². The fourth-order valence-corrected chi connectivity index (χ4v) is 2.54. The Labute approximate surface area is 98.8 Å². The Morgan fingerprint density at radius 2 is 2.12 bits per heavy atom. The third-order valence-electron chi connectivity index (χ3n) is 3.50. The molecule has 0 bridgehead atoms. The summed E-state index contributed by atoms with van der Waals surface area (Å²) in [4.78, 5) is 4.41. The van der Waals surface area contributed by atoms with Gasteiger partial charge in [0.05, 0.1) is 5.92 Å². The lowest BCUT2D eigenvalue weighted by atomic mass is 9.85. The van der Waals surface area contributed by atoms with Gasteiger partial charge in [-0.3, -0.25) is 0 Å². The van der Waals surface area contributed by atoms with Gasteiger partial charge >= 0.3 is 0 Å². The van der Waals surface area contributed by atoms with E-state index in [1.807, 2.05) is 0 Å². The highest BCUT2D eigenvalue weighted by atomic mass is 19.1. The zero-order chi connectivity index (χ0) is 11.8. The Balaban J connectivity index is 1.99. The van der Waals surface area contributed by atoms with Crippen LogP contribution in [0, 0.1) is 5.82 Å². The molecule has 1 saturated carbocycles. The normalized spacial score (nSPS) is 25.3. The summed E-state index contributed by atoms with van der Waals surface area (Å²) < 4.78 is 18.7. The first kappa shape index (κ1) is 10.7. The van der Waals surface area contributed by atoms with Crippen LogP contribution in [-0.2, 0) is 0 Å². The molecule has 2 unspecified atom stereocenters. The van der Waals surface area contributed by atoms with Gasteiger partial charge in [0.1, 0.15) is 11.3 Å². The molecular formula is C13H15FN2O. The molecule has 1 heterocycles. The molecule has 2 aromatic rings. The molecule has 4 heteroatoms. The largest absolute Gasteiger partial charge is 0.440 e. The Morgan fingerprint density at radius 1 is 1.29 bits per heavy atom. The molecule has 0 radical (unpaired) electrons. The minimum absolute atomic E-state index is 0.113. The van der Waals surface area contributed by atoms with Crippen molar-refractivity contribution in [2.45, 2.75) is 37.6 Å². The van der Waals surface area contributed by atoms with Crippen LogP contribution < -0.4 is 5.73 Å². The van der Waals surface area contributed by atoms with Crippen LogP contribution in [0.1, 0.15) is 37.5 Å². The van der Waals surface area contributed by atoms with Crippen molar-refractivity contribution in [3.05, 3.63) is 29.9 Å². The van der Waals surface area contributed by atoms with Gasteiger partial charge in [-0.2, -0.15) is 0 Å². The first-order valence-corrected chi connectivity index (χ1v) is 6.05. The van der Waals surface area contributed by atoms with Gasteiger partial charge < -0.3 is 10.2 Å². The van der Waals surface area contributed by atoms with Crippen LogP contribution in [-0.4, -0.2) is 11.0 Å². The smallest absolute Gasteiger partial charge is 0.200 e. The Morgan fingerprint density at radius 3 is 2.94 bits per heavy atom. The quantitative estimate of drug-likeness (QED) is 0.825. The average molecular weight is 234 g/mol. The van der Waals surface area contributed by atoms with Gasteiger partial charge in [0, 0.05) is 12.1 Å². The van der Waals surface area contributed by atoms with Gasteiger partial charge in [-0.25, -0.2) is 9.37 Å². The molecule has 90 valence electrons. The van der Waals surface area contributed by atoms with E-state index in [4.69, 9.17) is 10.2 Å². The summed E-state index contributed by atoms with van der Waals surface area (Å²) in [6, 6.07) is 4.53. The lowest BCUT2D eigenvalue weighted by Crippen LogP contribution is -2.31. The van der Waals surface area contributed by atoms with Crippen LogP contribution in [0.5, 0.6) is 0 Å². The van der Waals surface area contributed by atoms with E-state index in [1.165, 1.54) is 18.6 Å². The molecule has 17 heavy (non-hydrogen) atoms. The number of benzene rings is 1. The van der Waals surface area contributed by atoms with Crippen LogP contribution in [0.4, 0.5) is 4.39 Å². The SMILES string of the molecule is NC1CCCCC1c1nc2ccc(F)cc2o1. The van der Waals surface area contributed by atoms with Crippen molar-refractivity contribution in [2.75, 3.05) is 0 Å². The zero-order valence-electron chi connectivity index (χ0n) is 9.53. The summed E-state index contributed by atoms with van der Waals surface area (Å²) in [5, 5.41) is 0. The second kappa shape index (κ2) is 4.11. The molecule has 3 rings (SSSR count). The summed E-state index contributed by atoms with van der Waals surface area (Å²) in [7, 11) is 0. The Kier molecular flexibility index (Phi) is 2.59. The number of halogens is 1. The van der Waals surface area contributed by atoms with Crippen LogP contribution in [0.25, 0.3) is 11.1 Å². The lowest BCUT2D eigenvalue weighted by Gasteiger charge is -2.25. The number of rotatable bonds is 1. The third kappa shape index (κ3) is 1.93. The van der Waals surface area contributed by atoms with E-state index in [2.05, 4.69) is 4.98 Å². The van der Waals surface area contributed by atoms with Gasteiger partial charge in [-0.1, -0.05) is 12.8 Å². The molecule has 0 spiro atoms. The highest BCUT2D eigenvalue weighted by Gasteiger charge is 2.27. The highest BCUT2D eigenvalue weighted by Crippen LogP contribution is 2.33. The molecular weight excluding hydrogens is 219 g/mol. The monoisotopic (exact) mass is 234 g/mol. The maximum atomic E-state index is 13.1. The Bertz CT molecular complexity index is 537. The fourth-order valence-electron chi connectivity index (χ4n) is 2.54. The molecule has 0 amide bonds. The molecule has 1 aliphatic carbocycles. The molecule has 0 aliphatic heterocycles. The van der Waals surface area contributed by atoms with E-state index < -0.39 is 0 Å². The summed E-state index contributed by atoms with van der Waals surface area (Å²) in [5.41, 5.74) is 7.31. The van der Waals surface area contributed by atoms with E-state index in [0.29, 0.717) is 17.0 Å². The number of fused-ring (bicyclic) bond motifs is 1. The van der Waals surface area contributed by atoms with Gasteiger partial charge in [0.2, 0.25) is 0 Å². The molecule has 1 aromatic heterocycles. The van der Waals surface area contributed by atoms with Gasteiger partial charge in [0.25, 0.3) is 0 Å². The summed E-state index contributed by atoms with van der Waals surface area (Å²) in [6.07, 6.45) is 4.35. The van der Waals surface area contributed by atoms with Crippen LogP contribution in [0.3, 0.4) is 0 Å². The van der Waals surface area contributed by atoms with Gasteiger partial charge in [-0.05, 0) is 25.0 Å². The van der Waals surface area contributed by atoms with E-state index >= 15 is 0 Å². The standard InChI is InChI=1S/C13H15FN2O/c14-8-5-6-11-12(7-8)17-13(16-11)9-3-1-2-4-10(9)15/h5-7,9-10H,1-4,15H2. The van der Waals surface area contributed by atoms with Crippen molar-refractivity contribution in [1.82, 2.24) is 4.98 Å². The van der Waals surface area contributed by atoms with Crippen molar-refractivity contribution < 1.29 is 8.81 Å². The minimum atomic E-state index is -0.298. The molecule has 1 fully saturated rings. The second-order valence-corrected chi connectivity index (χ2v) is 4.72. The van der Waals surface area contributed by atoms with Crippen LogP contribution in [0.15, 0.2) is 22.6 Å². The number of hydrogen-bond acceptors (Lipinski definition) is 3. The summed E-state index contributed by atoms with van der Waals surface area (Å²) >= 11 is 0. The zero-order valence-corrected chi connectivity index (χ0v) is 9.53. The first-order valence-electron chi connectivity index (χ1n) is 6.05. The summed E-state index contributed by atoms with van der Waals surface area (Å²) in [5.74, 6) is 0.546. The van der Waals surface area contributed by atoms with Crippen molar-refractivity contribution in [1.29, 1.82) is 0 Å². The molecule has 1 aliphatic rings. The first-order chi connectivity index (χ1) is 8.24. The number of oxazole rings is 1. The minimum Gasteiger partial charge on any atom is -0.440 e.